The van der Waals surface area contributed by atoms with Crippen molar-refractivity contribution in [3.63, 3.8) is 0 Å². The fourth-order valence-corrected chi connectivity index (χ4v) is 4.09. The SMILES string of the molecule is O=C(Nc1ccc(NC(C(=O)N2CCCC2)c2ccccc2)cc1)c1cccs1. The van der Waals surface area contributed by atoms with Gasteiger partial charge < -0.3 is 15.5 Å². The number of carbonyl (C=O) groups is 2. The summed E-state index contributed by atoms with van der Waals surface area (Å²) in [6.07, 6.45) is 2.12. The Morgan fingerprint density at radius 1 is 0.862 bits per heavy atom. The van der Waals surface area contributed by atoms with E-state index in [1.54, 1.807) is 6.07 Å². The van der Waals surface area contributed by atoms with E-state index in [9.17, 15) is 9.59 Å². The maximum atomic E-state index is 13.1. The maximum Gasteiger partial charge on any atom is 0.265 e. The van der Waals surface area contributed by atoms with Crippen LogP contribution < -0.4 is 10.6 Å². The molecule has 1 unspecified atom stereocenters. The number of nitrogens with one attached hydrogen (secondary N) is 2. The van der Waals surface area contributed by atoms with Crippen molar-refractivity contribution in [3.05, 3.63) is 82.6 Å². The zero-order valence-corrected chi connectivity index (χ0v) is 16.8. The van der Waals surface area contributed by atoms with Crippen molar-refractivity contribution in [1.82, 2.24) is 4.90 Å². The summed E-state index contributed by atoms with van der Waals surface area (Å²) in [5.41, 5.74) is 2.50. The monoisotopic (exact) mass is 405 g/mol. The first-order chi connectivity index (χ1) is 14.2. The normalized spacial score (nSPS) is 14.4. The largest absolute Gasteiger partial charge is 0.370 e. The van der Waals surface area contributed by atoms with Gasteiger partial charge in [0.1, 0.15) is 6.04 Å². The smallest absolute Gasteiger partial charge is 0.265 e. The van der Waals surface area contributed by atoms with Crippen molar-refractivity contribution in [3.8, 4) is 0 Å². The van der Waals surface area contributed by atoms with Crippen LogP contribution in [0.25, 0.3) is 0 Å². The minimum absolute atomic E-state index is 0.101. The van der Waals surface area contributed by atoms with Crippen LogP contribution in [0.15, 0.2) is 72.1 Å². The molecule has 2 amide bonds. The van der Waals surface area contributed by atoms with Crippen LogP contribution in [0.2, 0.25) is 0 Å². The van der Waals surface area contributed by atoms with Gasteiger partial charge >= 0.3 is 0 Å². The van der Waals surface area contributed by atoms with Crippen LogP contribution in [0.5, 0.6) is 0 Å². The topological polar surface area (TPSA) is 61.4 Å². The summed E-state index contributed by atoms with van der Waals surface area (Å²) < 4.78 is 0. The molecule has 1 aliphatic heterocycles. The molecule has 4 rings (SSSR count). The van der Waals surface area contributed by atoms with Crippen molar-refractivity contribution < 1.29 is 9.59 Å². The highest BCUT2D eigenvalue weighted by Crippen LogP contribution is 2.25. The first-order valence-electron chi connectivity index (χ1n) is 9.76. The summed E-state index contributed by atoms with van der Waals surface area (Å²) in [7, 11) is 0. The molecule has 1 aliphatic rings. The molecule has 1 atom stereocenters. The molecule has 3 aromatic rings. The molecule has 1 fully saturated rings. The lowest BCUT2D eigenvalue weighted by Gasteiger charge is -2.25. The number of carbonyl (C=O) groups excluding carboxylic acids is 2. The Labute approximate surface area is 174 Å². The molecule has 0 radical (unpaired) electrons. The first kappa shape index (κ1) is 19.2. The van der Waals surface area contributed by atoms with Gasteiger partial charge in [-0.2, -0.15) is 0 Å². The number of hydrogen-bond donors (Lipinski definition) is 2. The number of thiophene rings is 1. The van der Waals surface area contributed by atoms with Gasteiger partial charge in [0.2, 0.25) is 5.91 Å². The van der Waals surface area contributed by atoms with E-state index in [0.717, 1.165) is 42.9 Å². The number of hydrogen-bond acceptors (Lipinski definition) is 4. The van der Waals surface area contributed by atoms with Crippen molar-refractivity contribution in [1.29, 1.82) is 0 Å². The minimum atomic E-state index is -0.430. The van der Waals surface area contributed by atoms with Crippen molar-refractivity contribution in [2.45, 2.75) is 18.9 Å². The van der Waals surface area contributed by atoms with E-state index in [1.807, 2.05) is 70.9 Å². The van der Waals surface area contributed by atoms with Crippen LogP contribution in [0.1, 0.15) is 34.1 Å². The molecule has 5 nitrogen and oxygen atoms in total. The molecule has 0 bridgehead atoms. The number of amides is 2. The molecule has 0 aliphatic carbocycles. The zero-order valence-electron chi connectivity index (χ0n) is 16.0. The summed E-state index contributed by atoms with van der Waals surface area (Å²) >= 11 is 1.41. The second-order valence-electron chi connectivity index (χ2n) is 7.03. The molecule has 148 valence electrons. The minimum Gasteiger partial charge on any atom is -0.370 e. The average Bonchev–Trinajstić information content (AvgIpc) is 3.47. The molecular weight excluding hydrogens is 382 g/mol. The molecule has 1 saturated heterocycles. The van der Waals surface area contributed by atoms with Gasteiger partial charge in [-0.25, -0.2) is 0 Å². The number of benzene rings is 2. The lowest BCUT2D eigenvalue weighted by molar-refractivity contribution is -0.131. The summed E-state index contributed by atoms with van der Waals surface area (Å²) in [6.45, 7) is 1.63. The lowest BCUT2D eigenvalue weighted by Crippen LogP contribution is -2.36. The molecule has 1 aromatic heterocycles. The van der Waals surface area contributed by atoms with Gasteiger partial charge in [0.15, 0.2) is 0 Å². The molecule has 2 heterocycles. The molecular formula is C23H23N3O2S. The van der Waals surface area contributed by atoms with Crippen molar-refractivity contribution >= 4 is 34.5 Å². The van der Waals surface area contributed by atoms with Crippen LogP contribution in [0.4, 0.5) is 11.4 Å². The second kappa shape index (κ2) is 8.92. The molecule has 0 spiro atoms. The predicted octanol–water partition coefficient (Wildman–Crippen LogP) is 4.78. The lowest BCUT2D eigenvalue weighted by atomic mass is 10.0. The molecule has 29 heavy (non-hydrogen) atoms. The number of rotatable bonds is 6. The summed E-state index contributed by atoms with van der Waals surface area (Å²) in [6, 6.07) is 20.5. The van der Waals surface area contributed by atoms with Crippen LogP contribution in [-0.4, -0.2) is 29.8 Å². The second-order valence-corrected chi connectivity index (χ2v) is 7.98. The third kappa shape index (κ3) is 4.66. The number of likely N-dealkylation sites (tertiary alicyclic amines) is 1. The fourth-order valence-electron chi connectivity index (χ4n) is 3.47. The van der Waals surface area contributed by atoms with Crippen LogP contribution in [0.3, 0.4) is 0 Å². The zero-order chi connectivity index (χ0) is 20.1. The van der Waals surface area contributed by atoms with E-state index < -0.39 is 6.04 Å². The van der Waals surface area contributed by atoms with E-state index in [0.29, 0.717) is 4.88 Å². The number of nitrogens with zero attached hydrogens (tertiary/aromatic N) is 1. The molecule has 0 saturated carbocycles. The molecule has 2 N–H and O–H groups in total. The summed E-state index contributed by atoms with van der Waals surface area (Å²) in [4.78, 5) is 27.9. The Morgan fingerprint density at radius 3 is 2.21 bits per heavy atom. The van der Waals surface area contributed by atoms with Gasteiger partial charge in [0.05, 0.1) is 4.88 Å². The highest BCUT2D eigenvalue weighted by Gasteiger charge is 2.27. The summed E-state index contributed by atoms with van der Waals surface area (Å²) in [5, 5.41) is 8.15. The standard InChI is InChI=1S/C23H23N3O2S/c27-22(20-9-6-16-29-20)25-19-12-10-18(11-13-19)24-21(17-7-2-1-3-8-17)23(28)26-14-4-5-15-26/h1-3,6-13,16,21,24H,4-5,14-15H2,(H,25,27). The predicted molar refractivity (Wildman–Crippen MR) is 117 cm³/mol. The van der Waals surface area contributed by atoms with Crippen LogP contribution in [0, 0.1) is 0 Å². The third-order valence-electron chi connectivity index (χ3n) is 5.00. The van der Waals surface area contributed by atoms with Gasteiger partial charge in [-0.1, -0.05) is 36.4 Å². The summed E-state index contributed by atoms with van der Waals surface area (Å²) in [5.74, 6) is -0.0177. The van der Waals surface area contributed by atoms with Gasteiger partial charge in [-0.15, -0.1) is 11.3 Å². The highest BCUT2D eigenvalue weighted by molar-refractivity contribution is 7.12. The average molecular weight is 406 g/mol. The van der Waals surface area contributed by atoms with Gasteiger partial charge in [-0.05, 0) is 54.1 Å². The van der Waals surface area contributed by atoms with Gasteiger partial charge in [0, 0.05) is 24.5 Å². The first-order valence-corrected chi connectivity index (χ1v) is 10.6. The van der Waals surface area contributed by atoms with Gasteiger partial charge in [0.25, 0.3) is 5.91 Å². The highest BCUT2D eigenvalue weighted by atomic mass is 32.1. The quantitative estimate of drug-likeness (QED) is 0.621. The Hall–Kier alpha value is -3.12. The fraction of sp³-hybridized carbons (Fsp3) is 0.217. The van der Waals surface area contributed by atoms with Crippen molar-refractivity contribution in [2.24, 2.45) is 0 Å². The van der Waals surface area contributed by atoms with E-state index >= 15 is 0 Å². The Kier molecular flexibility index (Phi) is 5.91. The molecule has 6 heteroatoms. The van der Waals surface area contributed by atoms with E-state index in [4.69, 9.17) is 0 Å². The Morgan fingerprint density at radius 2 is 1.55 bits per heavy atom. The Bertz CT molecular complexity index is 950. The number of anilines is 2. The molecule has 2 aromatic carbocycles. The van der Waals surface area contributed by atoms with Crippen LogP contribution in [-0.2, 0) is 4.79 Å². The maximum absolute atomic E-state index is 13.1. The van der Waals surface area contributed by atoms with E-state index in [1.165, 1.54) is 11.3 Å². The van der Waals surface area contributed by atoms with E-state index in [2.05, 4.69) is 10.6 Å². The third-order valence-corrected chi connectivity index (χ3v) is 5.86. The van der Waals surface area contributed by atoms with Gasteiger partial charge in [-0.3, -0.25) is 9.59 Å². The van der Waals surface area contributed by atoms with E-state index in [-0.39, 0.29) is 11.8 Å². The Balaban J connectivity index is 1.48. The van der Waals surface area contributed by atoms with Crippen molar-refractivity contribution in [2.75, 3.05) is 23.7 Å². The van der Waals surface area contributed by atoms with Crippen LogP contribution >= 0.6 is 11.3 Å².